The zero-order valence-corrected chi connectivity index (χ0v) is 18.5. The zero-order chi connectivity index (χ0) is 21.6. The van der Waals surface area contributed by atoms with Crippen molar-refractivity contribution in [3.63, 3.8) is 0 Å². The largest absolute Gasteiger partial charge is 0.493 e. The molecule has 0 bridgehead atoms. The van der Waals surface area contributed by atoms with E-state index in [2.05, 4.69) is 33.2 Å². The third kappa shape index (κ3) is 5.34. The Morgan fingerprint density at radius 2 is 1.97 bits per heavy atom. The summed E-state index contributed by atoms with van der Waals surface area (Å²) in [5.41, 5.74) is 3.17. The van der Waals surface area contributed by atoms with Crippen LogP contribution in [0.4, 0.5) is 15.9 Å². The van der Waals surface area contributed by atoms with E-state index in [1.807, 2.05) is 20.0 Å². The van der Waals surface area contributed by atoms with Gasteiger partial charge in [-0.2, -0.15) is 0 Å². The average Bonchev–Trinajstić information content (AvgIpc) is 2.79. The fourth-order valence-corrected chi connectivity index (χ4v) is 4.14. The number of halogens is 1. The Kier molecular flexibility index (Phi) is 7.02. The van der Waals surface area contributed by atoms with Crippen LogP contribution in [0.15, 0.2) is 36.7 Å². The molecule has 3 aromatic rings. The maximum Gasteiger partial charge on any atom is 0.146 e. The maximum absolute atomic E-state index is 14.3. The Morgan fingerprint density at radius 3 is 2.74 bits per heavy atom. The lowest BCUT2D eigenvalue weighted by Crippen LogP contribution is -2.31. The van der Waals surface area contributed by atoms with Gasteiger partial charge in [0.15, 0.2) is 0 Å². The van der Waals surface area contributed by atoms with Gasteiger partial charge in [-0.25, -0.2) is 14.4 Å². The monoisotopic (exact) mass is 420 g/mol. The molecule has 7 heteroatoms. The van der Waals surface area contributed by atoms with Crippen LogP contribution in [0.5, 0.6) is 5.75 Å². The number of rotatable bonds is 8. The number of aryl methyl sites for hydroxylation is 1. The van der Waals surface area contributed by atoms with Crippen molar-refractivity contribution in [1.29, 1.82) is 0 Å². The number of hydrogen-bond acceptors (Lipinski definition) is 5. The van der Waals surface area contributed by atoms with Crippen molar-refractivity contribution in [2.45, 2.75) is 39.0 Å². The predicted molar refractivity (Wildman–Crippen MR) is 127 cm³/mol. The van der Waals surface area contributed by atoms with Crippen molar-refractivity contribution < 1.29 is 9.13 Å². The van der Waals surface area contributed by atoms with Gasteiger partial charge < -0.3 is 15.0 Å². The Hall–Kier alpha value is -2.67. The van der Waals surface area contributed by atoms with Crippen molar-refractivity contribution in [3.05, 3.63) is 48.0 Å². The third-order valence-electron chi connectivity index (χ3n) is 5.90. The highest BCUT2D eigenvalue weighted by atomic mass is 19.1. The van der Waals surface area contributed by atoms with Gasteiger partial charge in [0.25, 0.3) is 0 Å². The van der Waals surface area contributed by atoms with Gasteiger partial charge in [0, 0.05) is 18.0 Å². The SMILES string of the molecule is Bc1ccc(Nc2ncnc3cc(OCCCN4CCCCC4)c(CC)cc23)c(F)c1. The number of ether oxygens (including phenoxy) is 1. The standard InChI is InChI=1S/C24H30BFN4O/c1-2-17-13-19-22(15-23(17)31-12-6-11-30-9-4-3-5-10-30)27-16-28-24(19)29-21-8-7-18(25)14-20(21)26/h7-8,13-16H,2-6,9-12,25H2,1H3,(H,27,28,29). The van der Waals surface area contributed by atoms with Gasteiger partial charge in [0.1, 0.15) is 31.6 Å². The van der Waals surface area contributed by atoms with Crippen LogP contribution in [0.25, 0.3) is 10.9 Å². The molecule has 0 unspecified atom stereocenters. The second-order valence-corrected chi connectivity index (χ2v) is 8.27. The van der Waals surface area contributed by atoms with Gasteiger partial charge in [-0.05, 0) is 62.5 Å². The summed E-state index contributed by atoms with van der Waals surface area (Å²) in [5.74, 6) is 1.18. The maximum atomic E-state index is 14.3. The van der Waals surface area contributed by atoms with E-state index < -0.39 is 0 Å². The van der Waals surface area contributed by atoms with Gasteiger partial charge in [-0.15, -0.1) is 0 Å². The number of nitrogens with one attached hydrogen (secondary N) is 1. The minimum Gasteiger partial charge on any atom is -0.493 e. The molecule has 0 amide bonds. The summed E-state index contributed by atoms with van der Waals surface area (Å²) in [6.45, 7) is 6.32. The van der Waals surface area contributed by atoms with Crippen molar-refractivity contribution in [2.75, 3.05) is 31.6 Å². The zero-order valence-electron chi connectivity index (χ0n) is 18.5. The lowest BCUT2D eigenvalue weighted by molar-refractivity contribution is 0.204. The molecule has 2 aromatic carbocycles. The highest BCUT2D eigenvalue weighted by Gasteiger charge is 2.13. The van der Waals surface area contributed by atoms with Gasteiger partial charge >= 0.3 is 0 Å². The molecule has 0 radical (unpaired) electrons. The smallest absolute Gasteiger partial charge is 0.146 e. The van der Waals surface area contributed by atoms with Gasteiger partial charge in [0.2, 0.25) is 0 Å². The van der Waals surface area contributed by atoms with E-state index in [1.165, 1.54) is 44.7 Å². The average molecular weight is 420 g/mol. The van der Waals surface area contributed by atoms with E-state index in [1.54, 1.807) is 6.07 Å². The van der Waals surface area contributed by atoms with E-state index >= 15 is 0 Å². The van der Waals surface area contributed by atoms with Crippen LogP contribution in [0, 0.1) is 5.82 Å². The van der Waals surface area contributed by atoms with Crippen molar-refractivity contribution in [3.8, 4) is 5.75 Å². The normalized spacial score (nSPS) is 14.6. The Balaban J connectivity index is 1.49. The van der Waals surface area contributed by atoms with E-state index in [9.17, 15) is 4.39 Å². The number of fused-ring (bicyclic) bond motifs is 1. The third-order valence-corrected chi connectivity index (χ3v) is 5.90. The van der Waals surface area contributed by atoms with E-state index in [-0.39, 0.29) is 5.82 Å². The minimum absolute atomic E-state index is 0.295. The number of piperidine rings is 1. The first-order valence-corrected chi connectivity index (χ1v) is 11.3. The summed E-state index contributed by atoms with van der Waals surface area (Å²) >= 11 is 0. The highest BCUT2D eigenvalue weighted by Crippen LogP contribution is 2.30. The van der Waals surface area contributed by atoms with Crippen molar-refractivity contribution in [1.82, 2.24) is 14.9 Å². The van der Waals surface area contributed by atoms with Gasteiger partial charge in [-0.3, -0.25) is 0 Å². The molecule has 5 nitrogen and oxygen atoms in total. The molecule has 0 atom stereocenters. The Labute approximate surface area is 184 Å². The summed E-state index contributed by atoms with van der Waals surface area (Å²) in [6.07, 6.45) is 7.35. The fraction of sp³-hybridized carbons (Fsp3) is 0.417. The summed E-state index contributed by atoms with van der Waals surface area (Å²) in [7, 11) is 1.87. The molecule has 1 fully saturated rings. The lowest BCUT2D eigenvalue weighted by Gasteiger charge is -2.26. The summed E-state index contributed by atoms with van der Waals surface area (Å²) in [5, 5.41) is 3.99. The van der Waals surface area contributed by atoms with Crippen LogP contribution in [0.1, 0.15) is 38.2 Å². The first-order chi connectivity index (χ1) is 15.1. The van der Waals surface area contributed by atoms with E-state index in [4.69, 9.17) is 4.74 Å². The van der Waals surface area contributed by atoms with E-state index in [0.717, 1.165) is 47.1 Å². The molecule has 1 aromatic heterocycles. The molecule has 1 saturated heterocycles. The second-order valence-electron chi connectivity index (χ2n) is 8.27. The van der Waals surface area contributed by atoms with Crippen LogP contribution in [0.3, 0.4) is 0 Å². The molecule has 0 aliphatic carbocycles. The topological polar surface area (TPSA) is 50.3 Å². The van der Waals surface area contributed by atoms with Crippen LogP contribution < -0.4 is 15.5 Å². The van der Waals surface area contributed by atoms with Crippen LogP contribution in [-0.4, -0.2) is 49.0 Å². The van der Waals surface area contributed by atoms with Crippen LogP contribution in [-0.2, 0) is 6.42 Å². The molecule has 1 aliphatic heterocycles. The first kappa shape index (κ1) is 21.6. The number of nitrogens with zero attached hydrogens (tertiary/aromatic N) is 3. The molecule has 162 valence electrons. The molecular weight excluding hydrogens is 390 g/mol. The number of aromatic nitrogens is 2. The molecule has 1 aliphatic rings. The molecular formula is C24H30BFN4O. The van der Waals surface area contributed by atoms with Crippen LogP contribution in [0.2, 0.25) is 0 Å². The van der Waals surface area contributed by atoms with E-state index in [0.29, 0.717) is 18.1 Å². The number of anilines is 2. The number of benzene rings is 2. The van der Waals surface area contributed by atoms with Gasteiger partial charge in [0.05, 0.1) is 17.8 Å². The minimum atomic E-state index is -0.295. The molecule has 0 spiro atoms. The van der Waals surface area contributed by atoms with Crippen molar-refractivity contribution >= 4 is 35.7 Å². The van der Waals surface area contributed by atoms with Crippen LogP contribution >= 0.6 is 0 Å². The first-order valence-electron chi connectivity index (χ1n) is 11.3. The summed E-state index contributed by atoms with van der Waals surface area (Å²) in [4.78, 5) is 11.3. The van der Waals surface area contributed by atoms with Crippen molar-refractivity contribution in [2.24, 2.45) is 0 Å². The predicted octanol–water partition coefficient (Wildman–Crippen LogP) is 3.59. The fourth-order valence-electron chi connectivity index (χ4n) is 4.14. The quantitative estimate of drug-likeness (QED) is 0.446. The second kappa shape index (κ2) is 10.1. The molecule has 1 N–H and O–H groups in total. The summed E-state index contributed by atoms with van der Waals surface area (Å²) < 4.78 is 20.5. The molecule has 4 rings (SSSR count). The molecule has 2 heterocycles. The number of hydrogen-bond donors (Lipinski definition) is 1. The Bertz CT molecular complexity index is 1040. The lowest BCUT2D eigenvalue weighted by atomic mass is 9.96. The van der Waals surface area contributed by atoms with Gasteiger partial charge in [-0.1, -0.05) is 24.9 Å². The Morgan fingerprint density at radius 1 is 1.13 bits per heavy atom. The molecule has 31 heavy (non-hydrogen) atoms. The molecule has 0 saturated carbocycles. The number of likely N-dealkylation sites (tertiary alicyclic amines) is 1. The highest BCUT2D eigenvalue weighted by molar-refractivity contribution is 6.32. The summed E-state index contributed by atoms with van der Waals surface area (Å²) in [6, 6.07) is 9.16.